The Labute approximate surface area is 237 Å². The number of hydrogen-bond acceptors (Lipinski definition) is 6. The lowest BCUT2D eigenvalue weighted by molar-refractivity contribution is -0.376. The van der Waals surface area contributed by atoms with Crippen LogP contribution in [0.2, 0.25) is 0 Å². The van der Waals surface area contributed by atoms with Gasteiger partial charge >= 0.3 is 18.4 Å². The number of pyridine rings is 1. The minimum atomic E-state index is -6.01. The number of urea groups is 1. The molecule has 1 atom stereocenters. The highest BCUT2D eigenvalue weighted by atomic mass is 19.4. The molecule has 0 aliphatic carbocycles. The van der Waals surface area contributed by atoms with E-state index in [1.54, 1.807) is 6.92 Å². The molecule has 3 amide bonds. The van der Waals surface area contributed by atoms with Gasteiger partial charge in [-0.25, -0.2) is 4.79 Å². The molecule has 1 aliphatic rings. The highest BCUT2D eigenvalue weighted by Crippen LogP contribution is 2.50. The summed E-state index contributed by atoms with van der Waals surface area (Å²) in [6, 6.07) is 4.46. The van der Waals surface area contributed by atoms with Crippen LogP contribution in [0.15, 0.2) is 61.0 Å². The zero-order valence-corrected chi connectivity index (χ0v) is 22.9. The summed E-state index contributed by atoms with van der Waals surface area (Å²) in [5.41, 5.74) is -7.35. The molecule has 3 rings (SSSR count). The Kier molecular flexibility index (Phi) is 9.30. The van der Waals surface area contributed by atoms with Gasteiger partial charge in [0.05, 0.1) is 13.3 Å². The topological polar surface area (TPSA) is 101 Å². The lowest BCUT2D eigenvalue weighted by Gasteiger charge is -2.33. The van der Waals surface area contributed by atoms with Crippen molar-refractivity contribution >= 4 is 11.9 Å². The van der Waals surface area contributed by atoms with E-state index in [4.69, 9.17) is 9.47 Å². The monoisotopic (exact) mass is 601 g/mol. The fourth-order valence-electron chi connectivity index (χ4n) is 4.44. The predicted molar refractivity (Wildman–Crippen MR) is 138 cm³/mol. The maximum absolute atomic E-state index is 13.3. The largest absolute Gasteiger partial charge is 0.498 e. The molecule has 0 radical (unpaired) electrons. The van der Waals surface area contributed by atoms with Crippen LogP contribution in [0, 0.1) is 0 Å². The number of aryl methyl sites for hydroxylation is 1. The zero-order valence-electron chi connectivity index (χ0n) is 22.9. The molecule has 2 heterocycles. The Morgan fingerprint density at radius 1 is 1.12 bits per heavy atom. The molecule has 2 N–H and O–H groups in total. The Morgan fingerprint density at radius 3 is 2.31 bits per heavy atom. The maximum Gasteiger partial charge on any atom is 0.430 e. The zero-order chi connectivity index (χ0) is 31.5. The summed E-state index contributed by atoms with van der Waals surface area (Å²) in [6.45, 7) is 6.73. The van der Waals surface area contributed by atoms with Crippen molar-refractivity contribution in [2.75, 3.05) is 13.7 Å². The highest BCUT2D eigenvalue weighted by Gasteiger charge is 2.71. The Balaban J connectivity index is 1.77. The Bertz CT molecular complexity index is 1340. The molecule has 8 nitrogen and oxygen atoms in total. The van der Waals surface area contributed by atoms with Crippen LogP contribution in [0.25, 0.3) is 0 Å². The number of carbonyl (C=O) groups is 2. The second-order valence-corrected chi connectivity index (χ2v) is 9.60. The van der Waals surface area contributed by atoms with Gasteiger partial charge in [0.2, 0.25) is 0 Å². The molecule has 1 aliphatic heterocycles. The summed E-state index contributed by atoms with van der Waals surface area (Å²) in [7, 11) is 1.36. The number of hydrogen-bond donors (Lipinski definition) is 2. The number of aliphatic hydroxyl groups is 1. The van der Waals surface area contributed by atoms with Crippen LogP contribution in [0.4, 0.5) is 31.1 Å². The number of nitrogens with one attached hydrogen (secondary N) is 1. The quantitative estimate of drug-likeness (QED) is 0.148. The number of alkyl halides is 6. The van der Waals surface area contributed by atoms with Crippen LogP contribution in [0.1, 0.15) is 37.1 Å². The van der Waals surface area contributed by atoms with Crippen molar-refractivity contribution < 1.29 is 50.5 Å². The van der Waals surface area contributed by atoms with E-state index in [9.17, 15) is 41.0 Å². The van der Waals surface area contributed by atoms with Gasteiger partial charge in [0.15, 0.2) is 5.54 Å². The molecular weight excluding hydrogens is 572 g/mol. The molecule has 1 aromatic carbocycles. The van der Waals surface area contributed by atoms with Crippen molar-refractivity contribution in [1.29, 1.82) is 0 Å². The third kappa shape index (κ3) is 6.08. The van der Waals surface area contributed by atoms with Crippen LogP contribution in [-0.2, 0) is 28.0 Å². The number of halogens is 6. The van der Waals surface area contributed by atoms with Gasteiger partial charge < -0.3 is 19.9 Å². The first-order valence-corrected chi connectivity index (χ1v) is 12.7. The van der Waals surface area contributed by atoms with E-state index in [1.807, 2.05) is 0 Å². The molecule has 1 saturated heterocycles. The number of rotatable bonds is 11. The smallest absolute Gasteiger partial charge is 0.430 e. The molecule has 0 bridgehead atoms. The van der Waals surface area contributed by atoms with Gasteiger partial charge in [0.25, 0.3) is 11.5 Å². The number of nitrogens with zero attached hydrogens (tertiary/aromatic N) is 2. The normalized spacial score (nSPS) is 18.2. The molecule has 0 spiro atoms. The van der Waals surface area contributed by atoms with Crippen LogP contribution in [0.5, 0.6) is 11.5 Å². The minimum Gasteiger partial charge on any atom is -0.498 e. The number of allylic oxidation sites excluding steroid dienone is 2. The second kappa shape index (κ2) is 12.0. The molecule has 0 saturated carbocycles. The number of methoxy groups -OCH3 is 1. The van der Waals surface area contributed by atoms with E-state index >= 15 is 0 Å². The van der Waals surface area contributed by atoms with Crippen molar-refractivity contribution in [2.45, 2.75) is 56.6 Å². The van der Waals surface area contributed by atoms with Crippen molar-refractivity contribution in [3.05, 3.63) is 77.8 Å². The van der Waals surface area contributed by atoms with E-state index < -0.39 is 41.0 Å². The highest BCUT2D eigenvalue weighted by molar-refractivity contribution is 6.08. The van der Waals surface area contributed by atoms with Gasteiger partial charge in [-0.05, 0) is 49.2 Å². The van der Waals surface area contributed by atoms with Crippen molar-refractivity contribution in [2.24, 2.45) is 0 Å². The van der Waals surface area contributed by atoms with Crippen LogP contribution >= 0.6 is 0 Å². The fraction of sp³-hybridized carbons (Fsp3) is 0.393. The van der Waals surface area contributed by atoms with Crippen molar-refractivity contribution in [3.8, 4) is 11.5 Å². The molecule has 42 heavy (non-hydrogen) atoms. The molecule has 228 valence electrons. The maximum atomic E-state index is 13.3. The van der Waals surface area contributed by atoms with E-state index in [0.717, 1.165) is 11.0 Å². The van der Waals surface area contributed by atoms with Gasteiger partial charge in [-0.1, -0.05) is 32.1 Å². The number of benzene rings is 1. The SMILES string of the molecule is C=C/C=C(\OC)C1(C)NC(=O)N(CCc2ccc(Oc3ccc(C(O)(C(F)(F)F)C(F)(F)F)cc3CCC)cn2)C1=O. The summed E-state index contributed by atoms with van der Waals surface area (Å²) in [6.07, 6.45) is -7.24. The van der Waals surface area contributed by atoms with Gasteiger partial charge in [-0.3, -0.25) is 14.7 Å². The van der Waals surface area contributed by atoms with Crippen LogP contribution < -0.4 is 10.1 Å². The first-order chi connectivity index (χ1) is 19.5. The fourth-order valence-corrected chi connectivity index (χ4v) is 4.44. The third-order valence-corrected chi connectivity index (χ3v) is 6.69. The number of ether oxygens (including phenoxy) is 2. The summed E-state index contributed by atoms with van der Waals surface area (Å²) in [4.78, 5) is 30.7. The Morgan fingerprint density at radius 2 is 1.79 bits per heavy atom. The first-order valence-electron chi connectivity index (χ1n) is 12.7. The van der Waals surface area contributed by atoms with E-state index in [2.05, 4.69) is 16.9 Å². The average Bonchev–Trinajstić information content (AvgIpc) is 3.13. The standard InChI is InChI=1S/C28H29F6N3O5/c1-5-7-17-15-18(26(40,27(29,30)31)28(32,33)34)9-12-21(17)42-20-11-10-19(35-16-20)13-14-37-23(38)25(3,36-24(37)39)22(41-4)8-6-2/h6,8-12,15-16,40H,2,5,7,13-14H2,1,3-4H3,(H,36,39)/b22-8-. The van der Waals surface area contributed by atoms with E-state index in [-0.39, 0.29) is 42.2 Å². The number of carbonyl (C=O) groups excluding carboxylic acids is 2. The third-order valence-electron chi connectivity index (χ3n) is 6.69. The summed E-state index contributed by atoms with van der Waals surface area (Å²) >= 11 is 0. The average molecular weight is 602 g/mol. The molecule has 1 fully saturated rings. The minimum absolute atomic E-state index is 0.0119. The number of aromatic nitrogens is 1. The lowest BCUT2D eigenvalue weighted by Crippen LogP contribution is -2.53. The van der Waals surface area contributed by atoms with Crippen molar-refractivity contribution in [3.63, 3.8) is 0 Å². The van der Waals surface area contributed by atoms with Gasteiger partial charge in [0, 0.05) is 24.2 Å². The second-order valence-electron chi connectivity index (χ2n) is 9.60. The van der Waals surface area contributed by atoms with E-state index in [1.165, 1.54) is 44.5 Å². The lowest BCUT2D eigenvalue weighted by atomic mass is 9.90. The van der Waals surface area contributed by atoms with Gasteiger partial charge in [-0.2, -0.15) is 26.3 Å². The molecule has 14 heteroatoms. The van der Waals surface area contributed by atoms with Gasteiger partial charge in [0.1, 0.15) is 17.3 Å². The summed E-state index contributed by atoms with van der Waals surface area (Å²) in [5.74, 6) is -0.207. The Hall–Kier alpha value is -4.07. The first kappa shape index (κ1) is 32.4. The number of amides is 3. The molecule has 1 aromatic heterocycles. The molecule has 1 unspecified atom stereocenters. The molecular formula is C28H29F6N3O5. The van der Waals surface area contributed by atoms with Crippen LogP contribution in [-0.4, -0.2) is 58.5 Å². The summed E-state index contributed by atoms with van der Waals surface area (Å²) < 4.78 is 91.0. The number of imide groups is 1. The van der Waals surface area contributed by atoms with E-state index in [0.29, 0.717) is 24.2 Å². The molecule has 2 aromatic rings. The van der Waals surface area contributed by atoms with Crippen LogP contribution in [0.3, 0.4) is 0 Å². The van der Waals surface area contributed by atoms with Gasteiger partial charge in [-0.15, -0.1) is 0 Å². The van der Waals surface area contributed by atoms with Crippen molar-refractivity contribution in [1.82, 2.24) is 15.2 Å². The predicted octanol–water partition coefficient (Wildman–Crippen LogP) is 5.71. The summed E-state index contributed by atoms with van der Waals surface area (Å²) in [5, 5.41) is 12.3.